The molecule has 1 aromatic carbocycles. The van der Waals surface area contributed by atoms with Gasteiger partial charge in [-0.3, -0.25) is 9.59 Å². The predicted molar refractivity (Wildman–Crippen MR) is 119 cm³/mol. The van der Waals surface area contributed by atoms with Crippen molar-refractivity contribution in [2.24, 2.45) is 0 Å². The fraction of sp³-hybridized carbons (Fsp3) is 0.500. The zero-order chi connectivity index (χ0) is 21.8. The largest absolute Gasteiger partial charge is 0.353 e. The van der Waals surface area contributed by atoms with Crippen LogP contribution in [0.5, 0.6) is 0 Å². The van der Waals surface area contributed by atoms with Crippen LogP contribution in [0.4, 0.5) is 5.82 Å². The van der Waals surface area contributed by atoms with E-state index in [4.69, 9.17) is 4.98 Å². The molecule has 2 heterocycles. The Bertz CT molecular complexity index is 931. The van der Waals surface area contributed by atoms with Gasteiger partial charge in [0, 0.05) is 62.3 Å². The third kappa shape index (κ3) is 5.23. The number of benzene rings is 1. The predicted octanol–water partition coefficient (Wildman–Crippen LogP) is 3.84. The van der Waals surface area contributed by atoms with E-state index >= 15 is 0 Å². The number of aromatic nitrogens is 2. The summed E-state index contributed by atoms with van der Waals surface area (Å²) < 4.78 is 0. The summed E-state index contributed by atoms with van der Waals surface area (Å²) in [5.41, 5.74) is 3.72. The number of nitrogens with zero attached hydrogens (tertiary/aromatic N) is 4. The maximum atomic E-state index is 12.7. The van der Waals surface area contributed by atoms with E-state index in [2.05, 4.69) is 23.7 Å². The van der Waals surface area contributed by atoms with E-state index in [0.29, 0.717) is 13.1 Å². The van der Waals surface area contributed by atoms with E-state index in [9.17, 15) is 9.59 Å². The number of hydrogen-bond donors (Lipinski definition) is 0. The lowest BCUT2D eigenvalue weighted by Crippen LogP contribution is -2.49. The highest BCUT2D eigenvalue weighted by Crippen LogP contribution is 2.19. The number of rotatable bonds is 6. The first-order valence-electron chi connectivity index (χ1n) is 10.7. The van der Waals surface area contributed by atoms with E-state index in [1.165, 1.54) is 0 Å². The smallest absolute Gasteiger partial charge is 0.223 e. The average Bonchev–Trinajstić information content (AvgIpc) is 2.73. The Morgan fingerprint density at radius 2 is 1.67 bits per heavy atom. The Morgan fingerprint density at radius 1 is 0.967 bits per heavy atom. The van der Waals surface area contributed by atoms with Crippen LogP contribution in [0.2, 0.25) is 0 Å². The fourth-order valence-electron chi connectivity index (χ4n) is 3.73. The lowest BCUT2D eigenvalue weighted by molar-refractivity contribution is -0.131. The van der Waals surface area contributed by atoms with Gasteiger partial charge in [-0.2, -0.15) is 0 Å². The van der Waals surface area contributed by atoms with Crippen LogP contribution in [-0.2, 0) is 4.79 Å². The summed E-state index contributed by atoms with van der Waals surface area (Å²) >= 11 is 0. The van der Waals surface area contributed by atoms with Crippen LogP contribution in [-0.4, -0.2) is 52.7 Å². The zero-order valence-electron chi connectivity index (χ0n) is 18.7. The minimum atomic E-state index is 0.0425. The maximum Gasteiger partial charge on any atom is 0.223 e. The van der Waals surface area contributed by atoms with Gasteiger partial charge in [0.2, 0.25) is 5.91 Å². The van der Waals surface area contributed by atoms with Gasteiger partial charge in [0.1, 0.15) is 11.6 Å². The molecular weight excluding hydrogens is 376 g/mol. The molecule has 160 valence electrons. The molecule has 0 unspecified atom stereocenters. The van der Waals surface area contributed by atoms with Gasteiger partial charge in [-0.05, 0) is 32.4 Å². The summed E-state index contributed by atoms with van der Waals surface area (Å²) in [4.78, 5) is 38.5. The molecule has 0 atom stereocenters. The van der Waals surface area contributed by atoms with Crippen LogP contribution < -0.4 is 4.90 Å². The Kier molecular flexibility index (Phi) is 6.85. The van der Waals surface area contributed by atoms with E-state index in [1.807, 2.05) is 49.9 Å². The molecule has 0 saturated carbocycles. The van der Waals surface area contributed by atoms with Crippen molar-refractivity contribution in [3.05, 3.63) is 52.5 Å². The Morgan fingerprint density at radius 3 is 2.33 bits per heavy atom. The number of carbonyl (C=O) groups excluding carboxylic acids is 2. The standard InChI is InChI=1S/C24H32N4O2/c1-16(2)24-25-19(5)15-22(26-24)27-10-12-28(13-11-27)23(30)9-8-21(29)20-14-17(3)6-7-18(20)4/h6-7,14-16H,8-13H2,1-5H3. The molecule has 1 aromatic heterocycles. The van der Waals surface area contributed by atoms with Crippen LogP contribution in [0.3, 0.4) is 0 Å². The number of piperazine rings is 1. The molecule has 0 spiro atoms. The Labute approximate surface area is 179 Å². The van der Waals surface area contributed by atoms with Crippen molar-refractivity contribution in [1.82, 2.24) is 14.9 Å². The SMILES string of the molecule is Cc1ccc(C)c(C(=O)CCC(=O)N2CCN(c3cc(C)nc(C(C)C)n3)CC2)c1. The number of aryl methyl sites for hydroxylation is 3. The minimum absolute atomic E-state index is 0.0425. The molecule has 30 heavy (non-hydrogen) atoms. The first-order chi connectivity index (χ1) is 14.2. The van der Waals surface area contributed by atoms with E-state index in [0.717, 1.165) is 47.1 Å². The highest BCUT2D eigenvalue weighted by atomic mass is 16.2. The van der Waals surface area contributed by atoms with Gasteiger partial charge in [0.25, 0.3) is 0 Å². The molecular formula is C24H32N4O2. The monoisotopic (exact) mass is 408 g/mol. The highest BCUT2D eigenvalue weighted by molar-refractivity contribution is 5.99. The Hall–Kier alpha value is -2.76. The quantitative estimate of drug-likeness (QED) is 0.680. The van der Waals surface area contributed by atoms with Crippen LogP contribution >= 0.6 is 0 Å². The van der Waals surface area contributed by atoms with Gasteiger partial charge in [0.05, 0.1) is 0 Å². The van der Waals surface area contributed by atoms with Crippen molar-refractivity contribution in [3.63, 3.8) is 0 Å². The van der Waals surface area contributed by atoms with Crippen LogP contribution in [0.25, 0.3) is 0 Å². The maximum absolute atomic E-state index is 12.7. The van der Waals surface area contributed by atoms with Gasteiger partial charge in [-0.15, -0.1) is 0 Å². The normalized spacial score (nSPS) is 14.3. The van der Waals surface area contributed by atoms with Gasteiger partial charge in [-0.1, -0.05) is 31.5 Å². The van der Waals surface area contributed by atoms with Gasteiger partial charge < -0.3 is 9.80 Å². The van der Waals surface area contributed by atoms with Crippen molar-refractivity contribution in [2.45, 2.75) is 53.4 Å². The third-order valence-electron chi connectivity index (χ3n) is 5.59. The molecule has 2 aromatic rings. The zero-order valence-corrected chi connectivity index (χ0v) is 18.7. The number of anilines is 1. The number of amides is 1. The van der Waals surface area contributed by atoms with E-state index in [-0.39, 0.29) is 30.4 Å². The van der Waals surface area contributed by atoms with Crippen LogP contribution in [0.1, 0.15) is 65.6 Å². The molecule has 0 aliphatic carbocycles. The van der Waals surface area contributed by atoms with Crippen molar-refractivity contribution >= 4 is 17.5 Å². The van der Waals surface area contributed by atoms with E-state index < -0.39 is 0 Å². The molecule has 1 fully saturated rings. The van der Waals surface area contributed by atoms with Crippen LogP contribution in [0.15, 0.2) is 24.3 Å². The first-order valence-corrected chi connectivity index (χ1v) is 10.7. The molecule has 0 radical (unpaired) electrons. The molecule has 1 aliphatic rings. The molecule has 6 heteroatoms. The molecule has 1 aliphatic heterocycles. The summed E-state index contributed by atoms with van der Waals surface area (Å²) in [6.07, 6.45) is 0.516. The van der Waals surface area contributed by atoms with Crippen molar-refractivity contribution < 1.29 is 9.59 Å². The van der Waals surface area contributed by atoms with E-state index in [1.54, 1.807) is 0 Å². The van der Waals surface area contributed by atoms with Crippen molar-refractivity contribution in [1.29, 1.82) is 0 Å². The number of hydrogen-bond acceptors (Lipinski definition) is 5. The van der Waals surface area contributed by atoms with Gasteiger partial charge >= 0.3 is 0 Å². The number of carbonyl (C=O) groups is 2. The highest BCUT2D eigenvalue weighted by Gasteiger charge is 2.23. The fourth-order valence-corrected chi connectivity index (χ4v) is 3.73. The summed E-state index contributed by atoms with van der Waals surface area (Å²) in [5, 5.41) is 0. The topological polar surface area (TPSA) is 66.4 Å². The van der Waals surface area contributed by atoms with Crippen molar-refractivity contribution in [3.8, 4) is 0 Å². The third-order valence-corrected chi connectivity index (χ3v) is 5.59. The number of ketones is 1. The second-order valence-electron chi connectivity index (χ2n) is 8.49. The summed E-state index contributed by atoms with van der Waals surface area (Å²) in [6, 6.07) is 7.88. The molecule has 0 bridgehead atoms. The molecule has 1 saturated heterocycles. The summed E-state index contributed by atoms with van der Waals surface area (Å²) in [5.74, 6) is 2.16. The second-order valence-corrected chi connectivity index (χ2v) is 8.49. The van der Waals surface area contributed by atoms with Gasteiger partial charge in [0.15, 0.2) is 5.78 Å². The molecule has 6 nitrogen and oxygen atoms in total. The second kappa shape index (κ2) is 9.37. The molecule has 0 N–H and O–H groups in total. The summed E-state index contributed by atoms with van der Waals surface area (Å²) in [6.45, 7) is 12.9. The van der Waals surface area contributed by atoms with Crippen molar-refractivity contribution in [2.75, 3.05) is 31.1 Å². The van der Waals surface area contributed by atoms with Gasteiger partial charge in [-0.25, -0.2) is 9.97 Å². The lowest BCUT2D eigenvalue weighted by atomic mass is 9.99. The average molecular weight is 409 g/mol. The Balaban J connectivity index is 1.54. The number of Topliss-reactive ketones (excluding diaryl/α,β-unsaturated/α-hetero) is 1. The molecule has 3 rings (SSSR count). The minimum Gasteiger partial charge on any atom is -0.353 e. The molecule has 1 amide bonds. The van der Waals surface area contributed by atoms with Crippen LogP contribution in [0, 0.1) is 20.8 Å². The summed E-state index contributed by atoms with van der Waals surface area (Å²) in [7, 11) is 0. The lowest BCUT2D eigenvalue weighted by Gasteiger charge is -2.35. The first kappa shape index (κ1) is 21.9.